The van der Waals surface area contributed by atoms with Crippen LogP contribution in [-0.4, -0.2) is 39.9 Å². The van der Waals surface area contributed by atoms with E-state index in [2.05, 4.69) is 9.97 Å². The fraction of sp³-hybridized carbons (Fsp3) is 0.667. The lowest BCUT2D eigenvalue weighted by atomic mass is 10.2. The van der Waals surface area contributed by atoms with Gasteiger partial charge in [0, 0.05) is 19.0 Å². The summed E-state index contributed by atoms with van der Waals surface area (Å²) in [5.74, 6) is 0.972. The first-order valence-corrected chi connectivity index (χ1v) is 5.96. The maximum absolute atomic E-state index is 9.36. The van der Waals surface area contributed by atoms with Crippen LogP contribution in [0.4, 0.5) is 5.69 Å². The van der Waals surface area contributed by atoms with Gasteiger partial charge in [-0.1, -0.05) is 13.8 Å². The molecule has 5 nitrogen and oxygen atoms in total. The minimum Gasteiger partial charge on any atom is -0.395 e. The van der Waals surface area contributed by atoms with Gasteiger partial charge in [-0.3, -0.25) is 0 Å². The smallest absolute Gasteiger partial charge is 0.131 e. The Morgan fingerprint density at radius 2 is 2.06 bits per heavy atom. The van der Waals surface area contributed by atoms with E-state index in [-0.39, 0.29) is 19.1 Å². The third-order valence-corrected chi connectivity index (χ3v) is 2.62. The maximum Gasteiger partial charge on any atom is 0.131 e. The molecule has 96 valence electrons. The van der Waals surface area contributed by atoms with E-state index in [9.17, 15) is 5.11 Å². The second-order valence-corrected chi connectivity index (χ2v) is 4.18. The average molecular weight is 239 g/mol. The highest BCUT2D eigenvalue weighted by molar-refractivity contribution is 5.48. The van der Waals surface area contributed by atoms with Crippen molar-refractivity contribution >= 4 is 5.69 Å². The highest BCUT2D eigenvalue weighted by Gasteiger charge is 2.13. The van der Waals surface area contributed by atoms with E-state index in [0.717, 1.165) is 18.1 Å². The molecule has 1 aromatic rings. The van der Waals surface area contributed by atoms with E-state index in [1.54, 1.807) is 6.20 Å². The molecule has 0 aliphatic carbocycles. The number of aliphatic hydroxyl groups excluding tert-OH is 2. The first kappa shape index (κ1) is 13.9. The first-order chi connectivity index (χ1) is 8.13. The second-order valence-electron chi connectivity index (χ2n) is 4.18. The highest BCUT2D eigenvalue weighted by Crippen LogP contribution is 2.20. The molecular formula is C12H21N3O2. The Kier molecular flexibility index (Phi) is 5.31. The van der Waals surface area contributed by atoms with E-state index in [0.29, 0.717) is 12.2 Å². The first-order valence-electron chi connectivity index (χ1n) is 5.96. The minimum absolute atomic E-state index is 0.0740. The number of nitrogens with zero attached hydrogens (tertiary/aromatic N) is 3. The van der Waals surface area contributed by atoms with Crippen molar-refractivity contribution in [1.29, 1.82) is 0 Å². The largest absolute Gasteiger partial charge is 0.395 e. The van der Waals surface area contributed by atoms with Gasteiger partial charge in [0.25, 0.3) is 0 Å². The second kappa shape index (κ2) is 6.51. The Morgan fingerprint density at radius 3 is 2.53 bits per heavy atom. The molecule has 17 heavy (non-hydrogen) atoms. The molecule has 0 saturated carbocycles. The van der Waals surface area contributed by atoms with Crippen LogP contribution in [-0.2, 0) is 6.61 Å². The Morgan fingerprint density at radius 1 is 1.35 bits per heavy atom. The number of aliphatic hydroxyl groups is 2. The minimum atomic E-state index is -0.112. The van der Waals surface area contributed by atoms with Crippen LogP contribution in [0.3, 0.4) is 0 Å². The van der Waals surface area contributed by atoms with Crippen LogP contribution in [0.1, 0.15) is 38.2 Å². The van der Waals surface area contributed by atoms with E-state index in [1.165, 1.54) is 0 Å². The van der Waals surface area contributed by atoms with Crippen molar-refractivity contribution in [3.8, 4) is 0 Å². The van der Waals surface area contributed by atoms with Gasteiger partial charge in [0.15, 0.2) is 0 Å². The Hall–Kier alpha value is -1.20. The molecule has 0 bridgehead atoms. The summed E-state index contributed by atoms with van der Waals surface area (Å²) in [6.45, 7) is 7.26. The molecular weight excluding hydrogens is 218 g/mol. The van der Waals surface area contributed by atoms with Crippen LogP contribution in [0.2, 0.25) is 0 Å². The summed E-state index contributed by atoms with van der Waals surface area (Å²) < 4.78 is 0. The average Bonchev–Trinajstić information content (AvgIpc) is 2.35. The van der Waals surface area contributed by atoms with Gasteiger partial charge in [-0.25, -0.2) is 9.97 Å². The highest BCUT2D eigenvalue weighted by atomic mass is 16.3. The molecule has 1 aromatic heterocycles. The van der Waals surface area contributed by atoms with Gasteiger partial charge in [-0.2, -0.15) is 0 Å². The van der Waals surface area contributed by atoms with Crippen LogP contribution in [0.15, 0.2) is 6.20 Å². The van der Waals surface area contributed by atoms with Crippen molar-refractivity contribution in [2.45, 2.75) is 33.3 Å². The summed E-state index contributed by atoms with van der Waals surface area (Å²) in [6, 6.07) is 0. The monoisotopic (exact) mass is 239 g/mol. The SMILES string of the molecule is CCN(CCO)c1cnc(C(C)C)nc1CO. The summed E-state index contributed by atoms with van der Waals surface area (Å²) in [5, 5.41) is 18.3. The fourth-order valence-electron chi connectivity index (χ4n) is 1.65. The molecule has 5 heteroatoms. The van der Waals surface area contributed by atoms with Crippen molar-refractivity contribution in [1.82, 2.24) is 9.97 Å². The van der Waals surface area contributed by atoms with E-state index in [1.807, 2.05) is 25.7 Å². The standard InChI is InChI=1S/C12H21N3O2/c1-4-15(5-6-16)11-7-13-12(9(2)3)14-10(11)8-17/h7,9,16-17H,4-6,8H2,1-3H3. The number of hydrogen-bond acceptors (Lipinski definition) is 5. The van der Waals surface area contributed by atoms with Crippen molar-refractivity contribution in [3.63, 3.8) is 0 Å². The summed E-state index contributed by atoms with van der Waals surface area (Å²) in [5.41, 5.74) is 1.42. The topological polar surface area (TPSA) is 69.5 Å². The van der Waals surface area contributed by atoms with Gasteiger partial charge in [0.2, 0.25) is 0 Å². The number of anilines is 1. The molecule has 0 aromatic carbocycles. The molecule has 0 amide bonds. The molecule has 0 saturated heterocycles. The zero-order valence-corrected chi connectivity index (χ0v) is 10.7. The molecule has 2 N–H and O–H groups in total. The molecule has 1 heterocycles. The Bertz CT molecular complexity index is 356. The normalized spacial score (nSPS) is 10.9. The van der Waals surface area contributed by atoms with Crippen LogP contribution >= 0.6 is 0 Å². The fourth-order valence-corrected chi connectivity index (χ4v) is 1.65. The summed E-state index contributed by atoms with van der Waals surface area (Å²) in [6.07, 6.45) is 1.73. The quantitative estimate of drug-likeness (QED) is 0.772. The summed E-state index contributed by atoms with van der Waals surface area (Å²) in [4.78, 5) is 10.6. The lowest BCUT2D eigenvalue weighted by Gasteiger charge is -2.23. The predicted molar refractivity (Wildman–Crippen MR) is 67.0 cm³/mol. The van der Waals surface area contributed by atoms with Gasteiger partial charge < -0.3 is 15.1 Å². The van der Waals surface area contributed by atoms with Crippen LogP contribution < -0.4 is 4.90 Å². The number of rotatable bonds is 6. The molecule has 0 unspecified atom stereocenters. The van der Waals surface area contributed by atoms with Gasteiger partial charge in [0.05, 0.1) is 30.8 Å². The zero-order chi connectivity index (χ0) is 12.8. The molecule has 0 fully saturated rings. The maximum atomic E-state index is 9.36. The van der Waals surface area contributed by atoms with Crippen molar-refractivity contribution in [2.24, 2.45) is 0 Å². The number of aromatic nitrogens is 2. The van der Waals surface area contributed by atoms with Crippen molar-refractivity contribution < 1.29 is 10.2 Å². The zero-order valence-electron chi connectivity index (χ0n) is 10.7. The van der Waals surface area contributed by atoms with E-state index in [4.69, 9.17) is 5.11 Å². The van der Waals surface area contributed by atoms with E-state index >= 15 is 0 Å². The summed E-state index contributed by atoms with van der Waals surface area (Å²) in [7, 11) is 0. The molecule has 0 radical (unpaired) electrons. The van der Waals surface area contributed by atoms with E-state index < -0.39 is 0 Å². The molecule has 0 aliphatic rings. The van der Waals surface area contributed by atoms with Crippen LogP contribution in [0.25, 0.3) is 0 Å². The molecule has 0 spiro atoms. The lowest BCUT2D eigenvalue weighted by molar-refractivity contribution is 0.275. The molecule has 0 atom stereocenters. The predicted octanol–water partition coefficient (Wildman–Crippen LogP) is 0.911. The van der Waals surface area contributed by atoms with Gasteiger partial charge in [0.1, 0.15) is 5.82 Å². The van der Waals surface area contributed by atoms with Crippen LogP contribution in [0, 0.1) is 0 Å². The third kappa shape index (κ3) is 3.38. The number of hydrogen-bond donors (Lipinski definition) is 2. The Labute approximate surface area is 102 Å². The van der Waals surface area contributed by atoms with Crippen molar-refractivity contribution in [3.05, 3.63) is 17.7 Å². The van der Waals surface area contributed by atoms with Gasteiger partial charge in [-0.15, -0.1) is 0 Å². The van der Waals surface area contributed by atoms with Gasteiger partial charge >= 0.3 is 0 Å². The van der Waals surface area contributed by atoms with Crippen molar-refractivity contribution in [2.75, 3.05) is 24.6 Å². The lowest BCUT2D eigenvalue weighted by Crippen LogP contribution is -2.28. The Balaban J connectivity index is 3.06. The summed E-state index contributed by atoms with van der Waals surface area (Å²) >= 11 is 0. The number of likely N-dealkylation sites (N-methyl/N-ethyl adjacent to an activating group) is 1. The molecule has 0 aliphatic heterocycles. The van der Waals surface area contributed by atoms with Crippen LogP contribution in [0.5, 0.6) is 0 Å². The third-order valence-electron chi connectivity index (χ3n) is 2.62. The molecule has 1 rings (SSSR count). The van der Waals surface area contributed by atoms with Gasteiger partial charge in [-0.05, 0) is 6.92 Å².